The Morgan fingerprint density at radius 1 is 1.14 bits per heavy atom. The molecule has 2 aromatic carbocycles. The van der Waals surface area contributed by atoms with E-state index >= 15 is 0 Å². The molecule has 0 fully saturated rings. The molecule has 21 heavy (non-hydrogen) atoms. The summed E-state index contributed by atoms with van der Waals surface area (Å²) in [6.07, 6.45) is 0. The van der Waals surface area contributed by atoms with Crippen molar-refractivity contribution >= 4 is 22.0 Å². The van der Waals surface area contributed by atoms with Crippen LogP contribution in [0.1, 0.15) is 5.56 Å². The molecule has 0 aliphatic carbocycles. The number of nitrogens with zero attached hydrogens (tertiary/aromatic N) is 3. The van der Waals surface area contributed by atoms with E-state index < -0.39 is 0 Å². The Hall–Kier alpha value is -3.06. The summed E-state index contributed by atoms with van der Waals surface area (Å²) in [5.74, 6) is 1.43. The lowest BCUT2D eigenvalue weighted by Crippen LogP contribution is -1.90. The fraction of sp³-hybridized carbons (Fsp3) is 0.0588. The maximum absolute atomic E-state index is 9.20. The molecule has 100 valence electrons. The first kappa shape index (κ1) is 11.7. The van der Waals surface area contributed by atoms with Crippen molar-refractivity contribution in [1.82, 2.24) is 9.55 Å². The number of nitriles is 1. The molecule has 0 aliphatic heterocycles. The van der Waals surface area contributed by atoms with Crippen LogP contribution >= 0.6 is 0 Å². The summed E-state index contributed by atoms with van der Waals surface area (Å²) in [4.78, 5) is 4.60. The summed E-state index contributed by atoms with van der Waals surface area (Å²) >= 11 is 0. The molecule has 0 atom stereocenters. The minimum atomic E-state index is 0.575. The molecule has 2 aromatic heterocycles. The minimum absolute atomic E-state index is 0.575. The van der Waals surface area contributed by atoms with E-state index in [0.29, 0.717) is 16.8 Å². The van der Waals surface area contributed by atoms with Crippen LogP contribution in [0.4, 0.5) is 0 Å². The number of furan rings is 1. The molecule has 2 heterocycles. The van der Waals surface area contributed by atoms with Crippen LogP contribution < -0.4 is 0 Å². The van der Waals surface area contributed by atoms with Gasteiger partial charge in [-0.3, -0.25) is 0 Å². The van der Waals surface area contributed by atoms with Crippen molar-refractivity contribution < 1.29 is 4.42 Å². The zero-order chi connectivity index (χ0) is 14.4. The summed E-state index contributed by atoms with van der Waals surface area (Å²) in [5.41, 5.74) is 3.04. The Labute approximate surface area is 120 Å². The fourth-order valence-corrected chi connectivity index (χ4v) is 2.62. The Kier molecular flexibility index (Phi) is 2.36. The Bertz CT molecular complexity index is 985. The van der Waals surface area contributed by atoms with Crippen LogP contribution in [0, 0.1) is 11.3 Å². The number of para-hydroxylation sites is 2. The van der Waals surface area contributed by atoms with Gasteiger partial charge in [-0.1, -0.05) is 24.3 Å². The number of imidazole rings is 1. The van der Waals surface area contributed by atoms with Gasteiger partial charge < -0.3 is 8.98 Å². The second-order valence-corrected chi connectivity index (χ2v) is 4.93. The number of benzene rings is 2. The number of aromatic nitrogens is 2. The molecule has 4 rings (SSSR count). The van der Waals surface area contributed by atoms with E-state index in [1.807, 2.05) is 54.1 Å². The summed E-state index contributed by atoms with van der Waals surface area (Å²) in [6, 6.07) is 17.6. The van der Waals surface area contributed by atoms with Crippen molar-refractivity contribution in [1.29, 1.82) is 5.26 Å². The van der Waals surface area contributed by atoms with E-state index in [0.717, 1.165) is 22.3 Å². The molecule has 4 heteroatoms. The predicted octanol–water partition coefficient (Wildman–Crippen LogP) is 3.86. The topological polar surface area (TPSA) is 54.8 Å². The van der Waals surface area contributed by atoms with Gasteiger partial charge in [0.05, 0.1) is 11.1 Å². The highest BCUT2D eigenvalue weighted by atomic mass is 16.3. The summed E-state index contributed by atoms with van der Waals surface area (Å²) in [7, 11) is 1.93. The lowest BCUT2D eigenvalue weighted by atomic mass is 10.2. The minimum Gasteiger partial charge on any atom is -0.453 e. The van der Waals surface area contributed by atoms with Crippen LogP contribution in [0.2, 0.25) is 0 Å². The Morgan fingerprint density at radius 2 is 2.00 bits per heavy atom. The van der Waals surface area contributed by atoms with Gasteiger partial charge in [0.25, 0.3) is 0 Å². The van der Waals surface area contributed by atoms with Crippen LogP contribution in [-0.2, 0) is 7.05 Å². The van der Waals surface area contributed by atoms with Crippen LogP contribution in [0.5, 0.6) is 0 Å². The van der Waals surface area contributed by atoms with Crippen LogP contribution in [-0.4, -0.2) is 9.55 Å². The molecule has 0 saturated carbocycles. The molecule has 0 bridgehead atoms. The molecule has 0 N–H and O–H groups in total. The van der Waals surface area contributed by atoms with Crippen molar-refractivity contribution in [2.24, 2.45) is 7.05 Å². The Morgan fingerprint density at radius 3 is 2.81 bits per heavy atom. The monoisotopic (exact) mass is 273 g/mol. The van der Waals surface area contributed by atoms with Gasteiger partial charge in [-0.05, 0) is 24.3 Å². The van der Waals surface area contributed by atoms with E-state index in [1.165, 1.54) is 0 Å². The third-order valence-corrected chi connectivity index (χ3v) is 3.68. The van der Waals surface area contributed by atoms with Crippen LogP contribution in [0.3, 0.4) is 0 Å². The highest BCUT2D eigenvalue weighted by Crippen LogP contribution is 2.30. The van der Waals surface area contributed by atoms with Gasteiger partial charge in [0.2, 0.25) is 0 Å². The van der Waals surface area contributed by atoms with Crippen molar-refractivity contribution in [2.75, 3.05) is 0 Å². The van der Waals surface area contributed by atoms with Crippen molar-refractivity contribution in [2.45, 2.75) is 0 Å². The standard InChI is InChI=1S/C17H11N3O/c1-20-13-7-4-6-12(10-18)16(13)19-17(20)15-9-11-5-2-3-8-14(11)21-15/h2-9H,1H3. The molecule has 0 radical (unpaired) electrons. The number of hydrogen-bond acceptors (Lipinski definition) is 3. The molecular formula is C17H11N3O. The van der Waals surface area contributed by atoms with Crippen LogP contribution in [0.15, 0.2) is 52.9 Å². The first-order valence-electron chi connectivity index (χ1n) is 6.62. The third-order valence-electron chi connectivity index (χ3n) is 3.68. The summed E-state index contributed by atoms with van der Waals surface area (Å²) < 4.78 is 7.82. The second kappa shape index (κ2) is 4.22. The highest BCUT2D eigenvalue weighted by molar-refractivity contribution is 5.87. The molecule has 0 unspecified atom stereocenters. The third kappa shape index (κ3) is 1.65. The largest absolute Gasteiger partial charge is 0.453 e. The summed E-state index contributed by atoms with van der Waals surface area (Å²) in [5, 5.41) is 10.2. The van der Waals surface area contributed by atoms with Gasteiger partial charge in [-0.25, -0.2) is 4.98 Å². The van der Waals surface area contributed by atoms with Crippen molar-refractivity contribution in [3.63, 3.8) is 0 Å². The molecule has 4 aromatic rings. The molecule has 0 spiro atoms. The molecule has 0 saturated heterocycles. The van der Waals surface area contributed by atoms with Gasteiger partial charge >= 0.3 is 0 Å². The number of rotatable bonds is 1. The quantitative estimate of drug-likeness (QED) is 0.529. The number of aryl methyl sites for hydroxylation is 1. The first-order chi connectivity index (χ1) is 10.3. The van der Waals surface area contributed by atoms with E-state index in [2.05, 4.69) is 11.1 Å². The van der Waals surface area contributed by atoms with E-state index in [1.54, 1.807) is 6.07 Å². The molecule has 0 amide bonds. The van der Waals surface area contributed by atoms with Crippen molar-refractivity contribution in [3.05, 3.63) is 54.1 Å². The SMILES string of the molecule is Cn1c(-c2cc3ccccc3o2)nc2c(C#N)cccc21. The van der Waals surface area contributed by atoms with Gasteiger partial charge in [-0.2, -0.15) is 5.26 Å². The summed E-state index contributed by atoms with van der Waals surface area (Å²) in [6.45, 7) is 0. The average Bonchev–Trinajstić information content (AvgIpc) is 3.08. The number of fused-ring (bicyclic) bond motifs is 2. The lowest BCUT2D eigenvalue weighted by Gasteiger charge is -1.98. The Balaban J connectivity index is 2.02. The zero-order valence-corrected chi connectivity index (χ0v) is 11.4. The van der Waals surface area contributed by atoms with Gasteiger partial charge in [0, 0.05) is 12.4 Å². The lowest BCUT2D eigenvalue weighted by molar-refractivity contribution is 0.621. The highest BCUT2D eigenvalue weighted by Gasteiger charge is 2.15. The van der Waals surface area contributed by atoms with E-state index in [4.69, 9.17) is 4.42 Å². The molecule has 0 aliphatic rings. The van der Waals surface area contributed by atoms with E-state index in [9.17, 15) is 5.26 Å². The predicted molar refractivity (Wildman–Crippen MR) is 80.6 cm³/mol. The maximum Gasteiger partial charge on any atom is 0.177 e. The first-order valence-corrected chi connectivity index (χ1v) is 6.62. The van der Waals surface area contributed by atoms with Crippen molar-refractivity contribution in [3.8, 4) is 17.7 Å². The maximum atomic E-state index is 9.20. The second-order valence-electron chi connectivity index (χ2n) is 4.93. The fourth-order valence-electron chi connectivity index (χ4n) is 2.62. The van der Waals surface area contributed by atoms with Gasteiger partial charge in [-0.15, -0.1) is 0 Å². The van der Waals surface area contributed by atoms with E-state index in [-0.39, 0.29) is 0 Å². The molecular weight excluding hydrogens is 262 g/mol. The average molecular weight is 273 g/mol. The molecule has 4 nitrogen and oxygen atoms in total. The normalized spacial score (nSPS) is 11.0. The smallest absolute Gasteiger partial charge is 0.177 e. The zero-order valence-electron chi connectivity index (χ0n) is 11.4. The van der Waals surface area contributed by atoms with Gasteiger partial charge in [0.15, 0.2) is 11.6 Å². The van der Waals surface area contributed by atoms with Gasteiger partial charge in [0.1, 0.15) is 17.2 Å². The van der Waals surface area contributed by atoms with Crippen LogP contribution in [0.25, 0.3) is 33.6 Å². The number of hydrogen-bond donors (Lipinski definition) is 0.